The molecule has 15 heavy (non-hydrogen) atoms. The van der Waals surface area contributed by atoms with E-state index in [-0.39, 0.29) is 0 Å². The van der Waals surface area contributed by atoms with E-state index in [1.54, 1.807) is 0 Å². The first-order valence-electron chi connectivity index (χ1n) is 5.04. The van der Waals surface area contributed by atoms with Gasteiger partial charge in [0.25, 0.3) is 0 Å². The minimum atomic E-state index is 0.626. The zero-order valence-corrected chi connectivity index (χ0v) is 10.3. The highest BCUT2D eigenvalue weighted by Gasteiger charge is 2.15. The first-order chi connectivity index (χ1) is 7.31. The number of ether oxygens (including phenoxy) is 2. The number of nitrogens with one attached hydrogen (secondary N) is 1. The molecule has 2 rings (SSSR count). The van der Waals surface area contributed by atoms with Crippen LogP contribution in [0.3, 0.4) is 0 Å². The van der Waals surface area contributed by atoms with Crippen molar-refractivity contribution >= 4 is 15.9 Å². The average Bonchev–Trinajstić information content (AvgIpc) is 2.26. The van der Waals surface area contributed by atoms with Crippen molar-refractivity contribution in [3.8, 4) is 11.5 Å². The summed E-state index contributed by atoms with van der Waals surface area (Å²) in [7, 11) is 1.95. The van der Waals surface area contributed by atoms with Crippen LogP contribution in [0.2, 0.25) is 0 Å². The highest BCUT2D eigenvalue weighted by Crippen LogP contribution is 2.38. The van der Waals surface area contributed by atoms with Gasteiger partial charge in [0.2, 0.25) is 0 Å². The summed E-state index contributed by atoms with van der Waals surface area (Å²) in [6, 6.07) is 4.14. The third-order valence-electron chi connectivity index (χ3n) is 2.32. The number of rotatable bonds is 3. The molecule has 1 N–H and O–H groups in total. The summed E-state index contributed by atoms with van der Waals surface area (Å²) in [4.78, 5) is 0. The second kappa shape index (κ2) is 4.86. The third kappa shape index (κ3) is 2.44. The molecule has 1 aromatic carbocycles. The number of hydrogen-bond donors (Lipinski definition) is 1. The van der Waals surface area contributed by atoms with Crippen LogP contribution in [-0.2, 0) is 6.42 Å². The molecule has 1 aromatic rings. The van der Waals surface area contributed by atoms with E-state index >= 15 is 0 Å². The summed E-state index contributed by atoms with van der Waals surface area (Å²) in [5.74, 6) is 1.68. The van der Waals surface area contributed by atoms with Gasteiger partial charge in [0.1, 0.15) is 13.2 Å². The van der Waals surface area contributed by atoms with Crippen molar-refractivity contribution in [2.24, 2.45) is 0 Å². The molecule has 82 valence electrons. The predicted octanol–water partition coefficient (Wildman–Crippen LogP) is 1.98. The Hall–Kier alpha value is -0.740. The van der Waals surface area contributed by atoms with Crippen LogP contribution in [0.15, 0.2) is 16.6 Å². The molecule has 1 aliphatic rings. The van der Waals surface area contributed by atoms with Crippen LogP contribution in [0.25, 0.3) is 0 Å². The zero-order valence-electron chi connectivity index (χ0n) is 8.68. The molecular weight excluding hydrogens is 258 g/mol. The fraction of sp³-hybridized carbons (Fsp3) is 0.455. The zero-order chi connectivity index (χ0) is 10.7. The highest BCUT2D eigenvalue weighted by atomic mass is 79.9. The molecule has 0 amide bonds. The first-order valence-corrected chi connectivity index (χ1v) is 5.83. The Morgan fingerprint density at radius 1 is 1.33 bits per heavy atom. The van der Waals surface area contributed by atoms with Crippen molar-refractivity contribution in [1.82, 2.24) is 5.32 Å². The van der Waals surface area contributed by atoms with E-state index in [0.717, 1.165) is 28.9 Å². The maximum absolute atomic E-state index is 5.55. The lowest BCUT2D eigenvalue weighted by atomic mass is 10.1. The van der Waals surface area contributed by atoms with Crippen LogP contribution in [0, 0.1) is 0 Å². The van der Waals surface area contributed by atoms with Gasteiger partial charge in [0, 0.05) is 0 Å². The molecule has 4 heteroatoms. The molecule has 0 saturated heterocycles. The summed E-state index contributed by atoms with van der Waals surface area (Å²) in [6.45, 7) is 2.22. The average molecular weight is 272 g/mol. The molecule has 0 atom stereocenters. The highest BCUT2D eigenvalue weighted by molar-refractivity contribution is 9.10. The van der Waals surface area contributed by atoms with Crippen LogP contribution in [0.4, 0.5) is 0 Å². The molecular formula is C11H14BrNO2. The van der Waals surface area contributed by atoms with Gasteiger partial charge in [0.05, 0.1) is 4.47 Å². The Morgan fingerprint density at radius 2 is 2.13 bits per heavy atom. The summed E-state index contributed by atoms with van der Waals surface area (Å²) in [5.41, 5.74) is 1.25. The fourth-order valence-electron chi connectivity index (χ4n) is 1.58. The van der Waals surface area contributed by atoms with Crippen molar-refractivity contribution in [3.05, 3.63) is 22.2 Å². The van der Waals surface area contributed by atoms with E-state index < -0.39 is 0 Å². The molecule has 3 nitrogen and oxygen atoms in total. The maximum Gasteiger partial charge on any atom is 0.175 e. The Labute approximate surface area is 97.9 Å². The minimum absolute atomic E-state index is 0.626. The van der Waals surface area contributed by atoms with Crippen LogP contribution in [-0.4, -0.2) is 26.8 Å². The normalized spacial score (nSPS) is 14.0. The van der Waals surface area contributed by atoms with Crippen LogP contribution >= 0.6 is 15.9 Å². The quantitative estimate of drug-likeness (QED) is 0.912. The molecule has 0 saturated carbocycles. The topological polar surface area (TPSA) is 30.5 Å². The number of halogens is 1. The van der Waals surface area contributed by atoms with Gasteiger partial charge in [-0.15, -0.1) is 0 Å². The second-order valence-corrected chi connectivity index (χ2v) is 4.31. The third-order valence-corrected chi connectivity index (χ3v) is 2.91. The summed E-state index contributed by atoms with van der Waals surface area (Å²) >= 11 is 3.50. The molecule has 0 aliphatic carbocycles. The van der Waals surface area contributed by atoms with Crippen molar-refractivity contribution in [2.45, 2.75) is 6.42 Å². The first kappa shape index (κ1) is 10.8. The monoisotopic (exact) mass is 271 g/mol. The Kier molecular flexibility index (Phi) is 3.49. The minimum Gasteiger partial charge on any atom is -0.486 e. The van der Waals surface area contributed by atoms with Crippen molar-refractivity contribution in [2.75, 3.05) is 26.8 Å². The Balaban J connectivity index is 2.24. The van der Waals surface area contributed by atoms with E-state index in [1.807, 2.05) is 7.05 Å². The smallest absolute Gasteiger partial charge is 0.175 e. The molecule has 0 spiro atoms. The predicted molar refractivity (Wildman–Crippen MR) is 62.8 cm³/mol. The van der Waals surface area contributed by atoms with Gasteiger partial charge < -0.3 is 14.8 Å². The summed E-state index contributed by atoms with van der Waals surface area (Å²) in [5, 5.41) is 3.13. The maximum atomic E-state index is 5.55. The molecule has 0 bridgehead atoms. The van der Waals surface area contributed by atoms with Gasteiger partial charge >= 0.3 is 0 Å². The van der Waals surface area contributed by atoms with Gasteiger partial charge in [-0.3, -0.25) is 0 Å². The van der Waals surface area contributed by atoms with Crippen LogP contribution in [0.5, 0.6) is 11.5 Å². The molecule has 1 aliphatic heterocycles. The molecule has 0 aromatic heterocycles. The number of fused-ring (bicyclic) bond motifs is 1. The van der Waals surface area contributed by atoms with Crippen LogP contribution < -0.4 is 14.8 Å². The van der Waals surface area contributed by atoms with Crippen molar-refractivity contribution in [3.63, 3.8) is 0 Å². The number of benzene rings is 1. The number of likely N-dealkylation sites (N-methyl/N-ethyl adjacent to an activating group) is 1. The summed E-state index contributed by atoms with van der Waals surface area (Å²) in [6.07, 6.45) is 0.992. The van der Waals surface area contributed by atoms with E-state index in [0.29, 0.717) is 13.2 Å². The van der Waals surface area contributed by atoms with Gasteiger partial charge in [-0.05, 0) is 53.6 Å². The molecule has 0 unspecified atom stereocenters. The largest absolute Gasteiger partial charge is 0.486 e. The SMILES string of the molecule is CNCCc1cc(Br)c2c(c1)OCCO2. The van der Waals surface area contributed by atoms with Gasteiger partial charge in [0.15, 0.2) is 11.5 Å². The van der Waals surface area contributed by atoms with Gasteiger partial charge in [-0.25, -0.2) is 0 Å². The second-order valence-electron chi connectivity index (χ2n) is 3.46. The van der Waals surface area contributed by atoms with Crippen molar-refractivity contribution in [1.29, 1.82) is 0 Å². The lowest BCUT2D eigenvalue weighted by Gasteiger charge is -2.20. The standard InChI is InChI=1S/C11H14BrNO2/c1-13-3-2-8-6-9(12)11-10(7-8)14-4-5-15-11/h6-7,13H,2-5H2,1H3. The van der Waals surface area contributed by atoms with Crippen LogP contribution in [0.1, 0.15) is 5.56 Å². The Bertz CT molecular complexity index is 355. The van der Waals surface area contributed by atoms with E-state index in [1.165, 1.54) is 5.56 Å². The van der Waals surface area contributed by atoms with E-state index in [4.69, 9.17) is 9.47 Å². The Morgan fingerprint density at radius 3 is 2.93 bits per heavy atom. The van der Waals surface area contributed by atoms with Crippen molar-refractivity contribution < 1.29 is 9.47 Å². The fourth-order valence-corrected chi connectivity index (χ4v) is 2.18. The summed E-state index contributed by atoms with van der Waals surface area (Å²) < 4.78 is 12.1. The lowest BCUT2D eigenvalue weighted by molar-refractivity contribution is 0.170. The molecule has 0 fully saturated rings. The van der Waals surface area contributed by atoms with E-state index in [9.17, 15) is 0 Å². The van der Waals surface area contributed by atoms with E-state index in [2.05, 4.69) is 33.4 Å². The van der Waals surface area contributed by atoms with Gasteiger partial charge in [-0.2, -0.15) is 0 Å². The van der Waals surface area contributed by atoms with Gasteiger partial charge in [-0.1, -0.05) is 0 Å². The molecule has 0 radical (unpaired) electrons. The molecule has 1 heterocycles. The lowest BCUT2D eigenvalue weighted by Crippen LogP contribution is -2.16. The number of hydrogen-bond acceptors (Lipinski definition) is 3.